The van der Waals surface area contributed by atoms with Crippen molar-refractivity contribution < 1.29 is 14.2 Å². The first-order valence-electron chi connectivity index (χ1n) is 6.33. The Kier molecular flexibility index (Phi) is 6.36. The molecule has 0 heterocycles. The van der Waals surface area contributed by atoms with Gasteiger partial charge in [-0.1, -0.05) is 19.9 Å². The van der Waals surface area contributed by atoms with Crippen molar-refractivity contribution >= 4 is 0 Å². The van der Waals surface area contributed by atoms with Gasteiger partial charge in [-0.15, -0.1) is 0 Å². The molecule has 0 amide bonds. The summed E-state index contributed by atoms with van der Waals surface area (Å²) in [6.45, 7) is 5.76. The summed E-state index contributed by atoms with van der Waals surface area (Å²) in [6.07, 6.45) is 1.02. The van der Waals surface area contributed by atoms with E-state index in [1.807, 2.05) is 18.2 Å². The number of likely N-dealkylation sites (N-methyl/N-ethyl adjacent to an activating group) is 1. The maximum Gasteiger partial charge on any atom is 0.203 e. The number of hydrogen-bond donors (Lipinski definition) is 1. The van der Waals surface area contributed by atoms with E-state index < -0.39 is 0 Å². The van der Waals surface area contributed by atoms with E-state index in [0.29, 0.717) is 29.9 Å². The third kappa shape index (κ3) is 3.81. The van der Waals surface area contributed by atoms with Crippen LogP contribution >= 0.6 is 0 Å². The normalized spacial score (nSPS) is 12.0. The summed E-state index contributed by atoms with van der Waals surface area (Å²) in [7, 11) is 3.26. The number of hydrogen-bond acceptors (Lipinski definition) is 4. The van der Waals surface area contributed by atoms with Crippen molar-refractivity contribution in [3.8, 4) is 17.2 Å². The summed E-state index contributed by atoms with van der Waals surface area (Å²) in [5.74, 6) is 2.06. The molecule has 1 aromatic rings. The molecule has 18 heavy (non-hydrogen) atoms. The van der Waals surface area contributed by atoms with Gasteiger partial charge in [0.2, 0.25) is 5.75 Å². The average molecular weight is 253 g/mol. The standard InChI is InChI=1S/C14H23NO3/c1-5-11(15-6-2)10-18-14-12(16-3)8-7-9-13(14)17-4/h7-9,11,15H,5-6,10H2,1-4H3. The van der Waals surface area contributed by atoms with Crippen molar-refractivity contribution in [2.24, 2.45) is 0 Å². The lowest BCUT2D eigenvalue weighted by Crippen LogP contribution is -2.33. The van der Waals surface area contributed by atoms with Crippen LogP contribution in [-0.2, 0) is 0 Å². The van der Waals surface area contributed by atoms with Crippen LogP contribution in [0.5, 0.6) is 17.2 Å². The highest BCUT2D eigenvalue weighted by atomic mass is 16.5. The van der Waals surface area contributed by atoms with Crippen LogP contribution < -0.4 is 19.5 Å². The minimum Gasteiger partial charge on any atom is -0.493 e. The van der Waals surface area contributed by atoms with E-state index in [1.165, 1.54) is 0 Å². The SMILES string of the molecule is CCNC(CC)COc1c(OC)cccc1OC. The highest BCUT2D eigenvalue weighted by molar-refractivity contribution is 5.51. The molecule has 0 aliphatic carbocycles. The topological polar surface area (TPSA) is 39.7 Å². The number of benzene rings is 1. The van der Waals surface area contributed by atoms with Crippen LogP contribution in [0.1, 0.15) is 20.3 Å². The largest absolute Gasteiger partial charge is 0.493 e. The van der Waals surface area contributed by atoms with Crippen LogP contribution in [0, 0.1) is 0 Å². The van der Waals surface area contributed by atoms with Gasteiger partial charge in [-0.25, -0.2) is 0 Å². The molecule has 1 rings (SSSR count). The van der Waals surface area contributed by atoms with Gasteiger partial charge in [0.05, 0.1) is 14.2 Å². The van der Waals surface area contributed by atoms with E-state index >= 15 is 0 Å². The molecule has 0 fully saturated rings. The number of para-hydroxylation sites is 1. The number of nitrogens with one attached hydrogen (secondary N) is 1. The Balaban J connectivity index is 2.75. The molecule has 0 spiro atoms. The smallest absolute Gasteiger partial charge is 0.203 e. The molecule has 0 aromatic heterocycles. The molecule has 1 aromatic carbocycles. The lowest BCUT2D eigenvalue weighted by Gasteiger charge is -2.19. The molecule has 1 N–H and O–H groups in total. The fraction of sp³-hybridized carbons (Fsp3) is 0.571. The third-order valence-electron chi connectivity index (χ3n) is 2.80. The first kappa shape index (κ1) is 14.6. The van der Waals surface area contributed by atoms with E-state index in [-0.39, 0.29) is 0 Å². The Morgan fingerprint density at radius 3 is 2.17 bits per heavy atom. The zero-order chi connectivity index (χ0) is 13.4. The van der Waals surface area contributed by atoms with Gasteiger partial charge in [-0.2, -0.15) is 0 Å². The van der Waals surface area contributed by atoms with Crippen molar-refractivity contribution in [1.82, 2.24) is 5.32 Å². The monoisotopic (exact) mass is 253 g/mol. The molecule has 4 nitrogen and oxygen atoms in total. The lowest BCUT2D eigenvalue weighted by atomic mass is 10.2. The molecule has 0 bridgehead atoms. The van der Waals surface area contributed by atoms with Crippen LogP contribution in [0.2, 0.25) is 0 Å². The Labute approximate surface area is 109 Å². The molecule has 0 radical (unpaired) electrons. The second kappa shape index (κ2) is 7.82. The van der Waals surface area contributed by atoms with Crippen LogP contribution in [0.15, 0.2) is 18.2 Å². The van der Waals surface area contributed by atoms with Crippen LogP contribution in [0.4, 0.5) is 0 Å². The zero-order valence-corrected chi connectivity index (χ0v) is 11.7. The molecular formula is C14H23NO3. The molecule has 0 aliphatic heterocycles. The van der Waals surface area contributed by atoms with Crippen molar-refractivity contribution in [2.45, 2.75) is 26.3 Å². The minimum atomic E-state index is 0.338. The molecule has 0 saturated heterocycles. The van der Waals surface area contributed by atoms with Gasteiger partial charge < -0.3 is 19.5 Å². The lowest BCUT2D eigenvalue weighted by molar-refractivity contribution is 0.238. The first-order chi connectivity index (χ1) is 8.76. The summed E-state index contributed by atoms with van der Waals surface area (Å²) in [4.78, 5) is 0. The van der Waals surface area contributed by atoms with Gasteiger partial charge in [0.15, 0.2) is 11.5 Å². The minimum absolute atomic E-state index is 0.338. The molecular weight excluding hydrogens is 230 g/mol. The summed E-state index contributed by atoms with van der Waals surface area (Å²) >= 11 is 0. The van der Waals surface area contributed by atoms with Crippen LogP contribution in [0.25, 0.3) is 0 Å². The molecule has 1 atom stereocenters. The Morgan fingerprint density at radius 2 is 1.72 bits per heavy atom. The maximum absolute atomic E-state index is 5.84. The van der Waals surface area contributed by atoms with Gasteiger partial charge in [0.25, 0.3) is 0 Å². The molecule has 1 unspecified atom stereocenters. The summed E-state index contributed by atoms with van der Waals surface area (Å²) in [6, 6.07) is 5.95. The molecule has 0 aliphatic rings. The third-order valence-corrected chi connectivity index (χ3v) is 2.80. The second-order valence-corrected chi connectivity index (χ2v) is 3.97. The maximum atomic E-state index is 5.84. The van der Waals surface area contributed by atoms with E-state index in [0.717, 1.165) is 13.0 Å². The van der Waals surface area contributed by atoms with Crippen molar-refractivity contribution in [1.29, 1.82) is 0 Å². The summed E-state index contributed by atoms with van der Waals surface area (Å²) in [5, 5.41) is 3.37. The Morgan fingerprint density at radius 1 is 1.11 bits per heavy atom. The van der Waals surface area contributed by atoms with E-state index in [4.69, 9.17) is 14.2 Å². The molecule has 4 heteroatoms. The quantitative estimate of drug-likeness (QED) is 0.772. The number of ether oxygens (including phenoxy) is 3. The van der Waals surface area contributed by atoms with Crippen LogP contribution in [-0.4, -0.2) is 33.4 Å². The zero-order valence-electron chi connectivity index (χ0n) is 11.7. The fourth-order valence-corrected chi connectivity index (χ4v) is 1.75. The number of methoxy groups -OCH3 is 2. The van der Waals surface area contributed by atoms with Crippen molar-refractivity contribution in [3.63, 3.8) is 0 Å². The van der Waals surface area contributed by atoms with E-state index in [2.05, 4.69) is 19.2 Å². The predicted octanol–water partition coefficient (Wildman–Crippen LogP) is 2.47. The fourth-order valence-electron chi connectivity index (χ4n) is 1.75. The van der Waals surface area contributed by atoms with Crippen molar-refractivity contribution in [3.05, 3.63) is 18.2 Å². The van der Waals surface area contributed by atoms with Crippen molar-refractivity contribution in [2.75, 3.05) is 27.4 Å². The van der Waals surface area contributed by atoms with Crippen LogP contribution in [0.3, 0.4) is 0 Å². The van der Waals surface area contributed by atoms with Gasteiger partial charge in [0.1, 0.15) is 6.61 Å². The van der Waals surface area contributed by atoms with Gasteiger partial charge in [-0.05, 0) is 25.1 Å². The summed E-state index contributed by atoms with van der Waals surface area (Å²) in [5.41, 5.74) is 0. The number of rotatable bonds is 8. The summed E-state index contributed by atoms with van der Waals surface area (Å²) < 4.78 is 16.4. The van der Waals surface area contributed by atoms with Gasteiger partial charge in [-0.3, -0.25) is 0 Å². The predicted molar refractivity (Wildman–Crippen MR) is 72.8 cm³/mol. The Bertz CT molecular complexity index is 333. The molecule has 102 valence electrons. The first-order valence-corrected chi connectivity index (χ1v) is 6.33. The highest BCUT2D eigenvalue weighted by Gasteiger charge is 2.13. The van der Waals surface area contributed by atoms with E-state index in [1.54, 1.807) is 14.2 Å². The van der Waals surface area contributed by atoms with Gasteiger partial charge in [0, 0.05) is 6.04 Å². The average Bonchev–Trinajstić information content (AvgIpc) is 2.42. The Hall–Kier alpha value is -1.42. The van der Waals surface area contributed by atoms with Gasteiger partial charge >= 0.3 is 0 Å². The second-order valence-electron chi connectivity index (χ2n) is 3.97. The van der Waals surface area contributed by atoms with E-state index in [9.17, 15) is 0 Å². The molecule has 0 saturated carbocycles. The highest BCUT2D eigenvalue weighted by Crippen LogP contribution is 2.36.